The third-order valence-electron chi connectivity index (χ3n) is 3.99. The number of hydrogen-bond donors (Lipinski definition) is 2. The van der Waals surface area contributed by atoms with E-state index in [1.807, 2.05) is 14.1 Å². The third-order valence-corrected chi connectivity index (χ3v) is 3.99. The van der Waals surface area contributed by atoms with E-state index in [4.69, 9.17) is 4.74 Å². The maximum absolute atomic E-state index is 12.4. The number of amides is 1. The van der Waals surface area contributed by atoms with E-state index in [1.165, 1.54) is 0 Å². The Bertz CT molecular complexity index is 271. The maximum atomic E-state index is 12.4. The van der Waals surface area contributed by atoms with Crippen LogP contribution in [0.25, 0.3) is 0 Å². The molecule has 1 aliphatic rings. The highest BCUT2D eigenvalue weighted by molar-refractivity contribution is 5.82. The largest absolute Gasteiger partial charge is 0.378 e. The quantitative estimate of drug-likeness (QED) is 0.617. The van der Waals surface area contributed by atoms with Gasteiger partial charge in [0, 0.05) is 13.1 Å². The minimum atomic E-state index is -0.149. The number of carbonyl (C=O) groups is 1. The molecule has 5 nitrogen and oxygen atoms in total. The van der Waals surface area contributed by atoms with Gasteiger partial charge in [-0.05, 0) is 46.4 Å². The van der Waals surface area contributed by atoms with Crippen LogP contribution in [0.4, 0.5) is 0 Å². The van der Waals surface area contributed by atoms with Crippen LogP contribution < -0.4 is 10.6 Å². The fraction of sp³-hybridized carbons (Fsp3) is 0.933. The number of piperidine rings is 1. The van der Waals surface area contributed by atoms with E-state index in [1.54, 1.807) is 0 Å². The van der Waals surface area contributed by atoms with Gasteiger partial charge in [0.05, 0.1) is 18.6 Å². The van der Waals surface area contributed by atoms with Crippen LogP contribution in [0.1, 0.15) is 32.6 Å². The molecular formula is C15H31N3O2. The predicted octanol–water partition coefficient (Wildman–Crippen LogP) is 0.851. The Hall–Kier alpha value is -0.650. The smallest absolute Gasteiger partial charge is 0.226 e. The zero-order valence-electron chi connectivity index (χ0n) is 13.3. The van der Waals surface area contributed by atoms with Crippen molar-refractivity contribution in [3.05, 3.63) is 0 Å². The lowest BCUT2D eigenvalue weighted by atomic mass is 9.74. The summed E-state index contributed by atoms with van der Waals surface area (Å²) in [6, 6.07) is 0. The van der Waals surface area contributed by atoms with Crippen molar-refractivity contribution in [3.8, 4) is 0 Å². The van der Waals surface area contributed by atoms with E-state index in [0.29, 0.717) is 19.8 Å². The number of rotatable bonds is 9. The van der Waals surface area contributed by atoms with Crippen LogP contribution in [-0.4, -0.2) is 64.3 Å². The summed E-state index contributed by atoms with van der Waals surface area (Å²) in [5.74, 6) is 0.219. The average molecular weight is 285 g/mol. The lowest BCUT2D eigenvalue weighted by Crippen LogP contribution is -2.48. The van der Waals surface area contributed by atoms with E-state index < -0.39 is 0 Å². The number of nitrogens with one attached hydrogen (secondary N) is 2. The van der Waals surface area contributed by atoms with Crippen LogP contribution >= 0.6 is 0 Å². The molecule has 0 aromatic carbocycles. The first-order valence-electron chi connectivity index (χ1n) is 7.82. The van der Waals surface area contributed by atoms with E-state index in [0.717, 1.165) is 45.3 Å². The first-order valence-corrected chi connectivity index (χ1v) is 7.82. The first-order chi connectivity index (χ1) is 9.60. The fourth-order valence-corrected chi connectivity index (χ4v) is 2.75. The molecule has 5 heteroatoms. The maximum Gasteiger partial charge on any atom is 0.226 e. The average Bonchev–Trinajstić information content (AvgIpc) is 2.43. The standard InChI is InChI=1S/C15H31N3O2/c1-4-5-15(6-8-16-9-7-15)14(19)17-10-12-20-13-11-18(2)3/h16H,4-13H2,1-3H3,(H,17,19). The Morgan fingerprint density at radius 2 is 2.00 bits per heavy atom. The number of carbonyl (C=O) groups excluding carboxylic acids is 1. The SMILES string of the molecule is CCCC1(C(=O)NCCOCCN(C)C)CCNCC1. The van der Waals surface area contributed by atoms with E-state index in [-0.39, 0.29) is 11.3 Å². The molecule has 1 amide bonds. The van der Waals surface area contributed by atoms with Gasteiger partial charge in [0.15, 0.2) is 0 Å². The molecule has 1 heterocycles. The van der Waals surface area contributed by atoms with Crippen LogP contribution in [0.5, 0.6) is 0 Å². The van der Waals surface area contributed by atoms with Crippen LogP contribution in [-0.2, 0) is 9.53 Å². The fourth-order valence-electron chi connectivity index (χ4n) is 2.75. The molecule has 0 bridgehead atoms. The van der Waals surface area contributed by atoms with Crippen LogP contribution in [0, 0.1) is 5.41 Å². The molecule has 0 radical (unpaired) electrons. The molecule has 1 aliphatic heterocycles. The van der Waals surface area contributed by atoms with Gasteiger partial charge in [0.1, 0.15) is 0 Å². The van der Waals surface area contributed by atoms with Gasteiger partial charge in [0.25, 0.3) is 0 Å². The zero-order valence-corrected chi connectivity index (χ0v) is 13.3. The highest BCUT2D eigenvalue weighted by Gasteiger charge is 2.38. The normalized spacial score (nSPS) is 18.2. The topological polar surface area (TPSA) is 53.6 Å². The molecule has 0 unspecified atom stereocenters. The Balaban J connectivity index is 2.25. The van der Waals surface area contributed by atoms with Gasteiger partial charge in [-0.25, -0.2) is 0 Å². The van der Waals surface area contributed by atoms with Crippen molar-refractivity contribution in [2.75, 3.05) is 53.5 Å². The van der Waals surface area contributed by atoms with Crippen molar-refractivity contribution < 1.29 is 9.53 Å². The van der Waals surface area contributed by atoms with Gasteiger partial charge < -0.3 is 20.3 Å². The van der Waals surface area contributed by atoms with Crippen molar-refractivity contribution in [3.63, 3.8) is 0 Å². The molecule has 118 valence electrons. The molecule has 0 aliphatic carbocycles. The summed E-state index contributed by atoms with van der Waals surface area (Å²) in [6.45, 7) is 6.90. The second kappa shape index (κ2) is 9.32. The molecule has 0 spiro atoms. The Labute approximate surface area is 123 Å². The summed E-state index contributed by atoms with van der Waals surface area (Å²) >= 11 is 0. The number of likely N-dealkylation sites (N-methyl/N-ethyl adjacent to an activating group) is 1. The summed E-state index contributed by atoms with van der Waals surface area (Å²) in [5, 5.41) is 6.40. The zero-order chi connectivity index (χ0) is 14.8. The lowest BCUT2D eigenvalue weighted by Gasteiger charge is -2.36. The van der Waals surface area contributed by atoms with Gasteiger partial charge in [-0.15, -0.1) is 0 Å². The Kier molecular flexibility index (Phi) is 8.11. The van der Waals surface area contributed by atoms with Gasteiger partial charge in [0.2, 0.25) is 5.91 Å². The molecule has 20 heavy (non-hydrogen) atoms. The molecular weight excluding hydrogens is 254 g/mol. The summed E-state index contributed by atoms with van der Waals surface area (Å²) in [4.78, 5) is 14.5. The van der Waals surface area contributed by atoms with Gasteiger partial charge >= 0.3 is 0 Å². The second-order valence-corrected chi connectivity index (χ2v) is 5.95. The van der Waals surface area contributed by atoms with E-state index in [9.17, 15) is 4.79 Å². The first kappa shape index (κ1) is 17.4. The number of nitrogens with zero attached hydrogens (tertiary/aromatic N) is 1. The van der Waals surface area contributed by atoms with Crippen molar-refractivity contribution in [2.45, 2.75) is 32.6 Å². The molecule has 0 atom stereocenters. The van der Waals surface area contributed by atoms with Crippen LogP contribution in [0.15, 0.2) is 0 Å². The molecule has 0 aromatic rings. The van der Waals surface area contributed by atoms with E-state index >= 15 is 0 Å². The van der Waals surface area contributed by atoms with Crippen LogP contribution in [0.2, 0.25) is 0 Å². The molecule has 2 N–H and O–H groups in total. The number of hydrogen-bond acceptors (Lipinski definition) is 4. The summed E-state index contributed by atoms with van der Waals surface area (Å²) < 4.78 is 5.51. The monoisotopic (exact) mass is 285 g/mol. The van der Waals surface area contributed by atoms with E-state index in [2.05, 4.69) is 22.5 Å². The lowest BCUT2D eigenvalue weighted by molar-refractivity contribution is -0.133. The van der Waals surface area contributed by atoms with Crippen molar-refractivity contribution in [1.82, 2.24) is 15.5 Å². The van der Waals surface area contributed by atoms with Crippen molar-refractivity contribution >= 4 is 5.91 Å². The molecule has 0 saturated carbocycles. The van der Waals surface area contributed by atoms with Crippen LogP contribution in [0.3, 0.4) is 0 Å². The predicted molar refractivity (Wildman–Crippen MR) is 81.8 cm³/mol. The minimum absolute atomic E-state index is 0.149. The third kappa shape index (κ3) is 5.77. The minimum Gasteiger partial charge on any atom is -0.378 e. The Morgan fingerprint density at radius 1 is 1.30 bits per heavy atom. The molecule has 1 saturated heterocycles. The number of ether oxygens (including phenoxy) is 1. The highest BCUT2D eigenvalue weighted by Crippen LogP contribution is 2.34. The van der Waals surface area contributed by atoms with Crippen molar-refractivity contribution in [2.24, 2.45) is 5.41 Å². The molecule has 1 fully saturated rings. The highest BCUT2D eigenvalue weighted by atomic mass is 16.5. The second-order valence-electron chi connectivity index (χ2n) is 5.95. The summed E-state index contributed by atoms with van der Waals surface area (Å²) in [7, 11) is 4.05. The van der Waals surface area contributed by atoms with Crippen molar-refractivity contribution in [1.29, 1.82) is 0 Å². The molecule has 1 rings (SSSR count). The van der Waals surface area contributed by atoms with Gasteiger partial charge in [-0.3, -0.25) is 4.79 Å². The summed E-state index contributed by atoms with van der Waals surface area (Å²) in [5.41, 5.74) is -0.149. The molecule has 0 aromatic heterocycles. The van der Waals surface area contributed by atoms with Gasteiger partial charge in [-0.2, -0.15) is 0 Å². The van der Waals surface area contributed by atoms with Gasteiger partial charge in [-0.1, -0.05) is 13.3 Å². The Morgan fingerprint density at radius 3 is 2.60 bits per heavy atom. The summed E-state index contributed by atoms with van der Waals surface area (Å²) in [6.07, 6.45) is 3.96.